The maximum atomic E-state index is 12.4. The Kier molecular flexibility index (Phi) is 7.08. The number of hydrogen-bond acceptors (Lipinski definition) is 3. The molecule has 0 aromatic heterocycles. The van der Waals surface area contributed by atoms with Gasteiger partial charge < -0.3 is 9.53 Å². The molecule has 3 aromatic rings. The maximum absolute atomic E-state index is 12.4. The summed E-state index contributed by atoms with van der Waals surface area (Å²) in [6, 6.07) is 33.0. The zero-order valence-electron chi connectivity index (χ0n) is 24.4. The van der Waals surface area contributed by atoms with Crippen molar-refractivity contribution in [3.63, 3.8) is 0 Å². The number of ketones is 1. The van der Waals surface area contributed by atoms with E-state index >= 15 is 0 Å². The molecule has 7 rings (SSSR count). The summed E-state index contributed by atoms with van der Waals surface area (Å²) >= 11 is 0. The van der Waals surface area contributed by atoms with Gasteiger partial charge in [0, 0.05) is 24.9 Å². The predicted octanol–water partition coefficient (Wildman–Crippen LogP) is 5.62. The highest BCUT2D eigenvalue weighted by Crippen LogP contribution is 2.66. The third-order valence-electron chi connectivity index (χ3n) is 12.2. The number of rotatable bonds is 6. The van der Waals surface area contributed by atoms with E-state index in [4.69, 9.17) is 4.43 Å². The van der Waals surface area contributed by atoms with E-state index in [0.717, 1.165) is 32.1 Å². The predicted molar refractivity (Wildman–Crippen MR) is 167 cm³/mol. The standard InChI is InChI=1S/C37H44O3Si/c1-36-23-22-34-32(18-17-27-25-28(39)21-24-37(27,34)26-38)33(36)19-20-35(36)40-41(29-11-5-2-6-12-29,30-13-7-3-8-14-30)31-15-9-4-10-16-31/h2-16,27,32-35,38H,17-26H2,1H3/t27?,32-,33-,34+,35?,36-,37+/m0/s1. The molecule has 2 unspecified atom stereocenters. The van der Waals surface area contributed by atoms with E-state index in [9.17, 15) is 9.90 Å². The highest BCUT2D eigenvalue weighted by molar-refractivity contribution is 7.07. The van der Waals surface area contributed by atoms with Gasteiger partial charge in [-0.1, -0.05) is 97.9 Å². The van der Waals surface area contributed by atoms with Gasteiger partial charge in [0.25, 0.3) is 8.32 Å². The van der Waals surface area contributed by atoms with Gasteiger partial charge in [0.15, 0.2) is 0 Å². The van der Waals surface area contributed by atoms with Gasteiger partial charge in [-0.2, -0.15) is 0 Å². The van der Waals surface area contributed by atoms with Gasteiger partial charge in [-0.3, -0.25) is 4.79 Å². The zero-order valence-corrected chi connectivity index (χ0v) is 25.4. The Balaban J connectivity index is 1.27. The van der Waals surface area contributed by atoms with Crippen molar-refractivity contribution in [2.75, 3.05) is 6.61 Å². The van der Waals surface area contributed by atoms with Crippen molar-refractivity contribution in [2.45, 2.75) is 70.8 Å². The molecular formula is C37H44O3Si. The van der Waals surface area contributed by atoms with Crippen LogP contribution in [0.5, 0.6) is 0 Å². The Bertz CT molecular complexity index is 1260. The maximum Gasteiger partial charge on any atom is 0.288 e. The van der Waals surface area contributed by atoms with Crippen LogP contribution < -0.4 is 15.6 Å². The van der Waals surface area contributed by atoms with Gasteiger partial charge in [-0.25, -0.2) is 0 Å². The minimum absolute atomic E-state index is 0.0479. The van der Waals surface area contributed by atoms with Crippen LogP contribution in [0.2, 0.25) is 0 Å². The van der Waals surface area contributed by atoms with Crippen molar-refractivity contribution in [3.8, 4) is 0 Å². The second-order valence-electron chi connectivity index (χ2n) is 13.8. The Labute approximate surface area is 246 Å². The lowest BCUT2D eigenvalue weighted by atomic mass is 9.45. The van der Waals surface area contributed by atoms with Gasteiger partial charge in [-0.05, 0) is 89.6 Å². The summed E-state index contributed by atoms with van der Waals surface area (Å²) in [5.74, 6) is 2.57. The number of Topliss-reactive ketones (excluding diaryl/α,β-unsaturated/α-hetero) is 1. The molecule has 41 heavy (non-hydrogen) atoms. The lowest BCUT2D eigenvalue weighted by Gasteiger charge is -2.61. The van der Waals surface area contributed by atoms with E-state index in [1.54, 1.807) is 0 Å². The normalized spacial score (nSPS) is 34.9. The molecule has 4 aliphatic carbocycles. The summed E-state index contributed by atoms with van der Waals surface area (Å²) in [7, 11) is -2.79. The van der Waals surface area contributed by atoms with E-state index in [1.807, 2.05) is 0 Å². The summed E-state index contributed by atoms with van der Waals surface area (Å²) in [6.07, 6.45) is 9.34. The molecule has 4 saturated carbocycles. The average molecular weight is 565 g/mol. The number of aliphatic hydroxyl groups is 1. The quantitative estimate of drug-likeness (QED) is 0.312. The first-order valence-corrected chi connectivity index (χ1v) is 17.9. The number of aliphatic hydroxyl groups excluding tert-OH is 1. The molecule has 0 spiro atoms. The fourth-order valence-corrected chi connectivity index (χ4v) is 14.4. The molecule has 3 nitrogen and oxygen atoms in total. The molecule has 1 N–H and O–H groups in total. The number of carbonyl (C=O) groups excluding carboxylic acids is 1. The topological polar surface area (TPSA) is 46.5 Å². The van der Waals surface area contributed by atoms with Gasteiger partial charge in [0.1, 0.15) is 5.78 Å². The van der Waals surface area contributed by atoms with Crippen LogP contribution in [0.3, 0.4) is 0 Å². The highest BCUT2D eigenvalue weighted by atomic mass is 28.4. The largest absolute Gasteiger partial charge is 0.401 e. The molecule has 7 atom stereocenters. The highest BCUT2D eigenvalue weighted by Gasteiger charge is 2.62. The number of fused-ring (bicyclic) bond motifs is 5. The van der Waals surface area contributed by atoms with Crippen LogP contribution in [0.15, 0.2) is 91.0 Å². The Morgan fingerprint density at radius 3 is 1.90 bits per heavy atom. The smallest absolute Gasteiger partial charge is 0.288 e. The van der Waals surface area contributed by atoms with Crippen molar-refractivity contribution in [1.82, 2.24) is 0 Å². The molecule has 214 valence electrons. The van der Waals surface area contributed by atoms with Gasteiger partial charge in [-0.15, -0.1) is 0 Å². The van der Waals surface area contributed by atoms with Crippen LogP contribution in [-0.2, 0) is 9.22 Å². The van der Waals surface area contributed by atoms with E-state index in [2.05, 4.69) is 97.9 Å². The molecule has 0 heterocycles. The van der Waals surface area contributed by atoms with Crippen molar-refractivity contribution in [1.29, 1.82) is 0 Å². The summed E-state index contributed by atoms with van der Waals surface area (Å²) in [6.45, 7) is 2.79. The Morgan fingerprint density at radius 2 is 1.34 bits per heavy atom. The minimum atomic E-state index is -2.79. The van der Waals surface area contributed by atoms with E-state index in [-0.39, 0.29) is 23.5 Å². The third-order valence-corrected chi connectivity index (χ3v) is 16.3. The minimum Gasteiger partial charge on any atom is -0.401 e. The lowest BCUT2D eigenvalue weighted by Crippen LogP contribution is -2.71. The van der Waals surface area contributed by atoms with E-state index in [0.29, 0.717) is 42.3 Å². The van der Waals surface area contributed by atoms with Crippen molar-refractivity contribution in [3.05, 3.63) is 91.0 Å². The zero-order chi connectivity index (χ0) is 28.1. The molecule has 0 bridgehead atoms. The number of hydrogen-bond donors (Lipinski definition) is 1. The van der Waals surface area contributed by atoms with Crippen LogP contribution in [0.4, 0.5) is 0 Å². The fraction of sp³-hybridized carbons (Fsp3) is 0.486. The molecule has 0 amide bonds. The van der Waals surface area contributed by atoms with Crippen LogP contribution in [0.1, 0.15) is 64.7 Å². The van der Waals surface area contributed by atoms with Gasteiger partial charge >= 0.3 is 0 Å². The molecule has 3 aromatic carbocycles. The molecule has 4 heteroatoms. The first kappa shape index (κ1) is 27.3. The SMILES string of the molecule is C[C@]12CC[C@@H]3[C@@H](CCC4CC(=O)CC[C@@]43CO)[C@@H]1CCC2O[Si](c1ccccc1)(c1ccccc1)c1ccccc1. The fourth-order valence-electron chi connectivity index (χ4n) is 10.2. The van der Waals surface area contributed by atoms with Gasteiger partial charge in [0.2, 0.25) is 0 Å². The molecule has 0 saturated heterocycles. The van der Waals surface area contributed by atoms with Crippen LogP contribution in [0, 0.1) is 34.5 Å². The summed E-state index contributed by atoms with van der Waals surface area (Å²) in [4.78, 5) is 12.4. The summed E-state index contributed by atoms with van der Waals surface area (Å²) < 4.78 is 7.83. The van der Waals surface area contributed by atoms with Crippen LogP contribution in [0.25, 0.3) is 0 Å². The summed E-state index contributed by atoms with van der Waals surface area (Å²) in [5.41, 5.74) is 0.0689. The molecule has 0 radical (unpaired) electrons. The molecule has 0 aliphatic heterocycles. The Morgan fingerprint density at radius 1 is 0.756 bits per heavy atom. The second-order valence-corrected chi connectivity index (χ2v) is 17.1. The third kappa shape index (κ3) is 4.24. The molecule has 4 fully saturated rings. The van der Waals surface area contributed by atoms with E-state index in [1.165, 1.54) is 28.4 Å². The number of benzene rings is 3. The first-order valence-electron chi connectivity index (χ1n) is 16.0. The molecule has 4 aliphatic rings. The lowest BCUT2D eigenvalue weighted by molar-refractivity contribution is -0.155. The van der Waals surface area contributed by atoms with E-state index < -0.39 is 8.32 Å². The second kappa shape index (κ2) is 10.6. The van der Waals surface area contributed by atoms with Crippen LogP contribution in [-0.4, -0.2) is 31.9 Å². The van der Waals surface area contributed by atoms with Crippen LogP contribution >= 0.6 is 0 Å². The average Bonchev–Trinajstić information content (AvgIpc) is 3.36. The Hall–Kier alpha value is -2.53. The van der Waals surface area contributed by atoms with Crippen molar-refractivity contribution < 1.29 is 14.3 Å². The monoisotopic (exact) mass is 564 g/mol. The summed E-state index contributed by atoms with van der Waals surface area (Å²) in [5, 5.41) is 14.8. The first-order chi connectivity index (χ1) is 20.0. The number of carbonyl (C=O) groups is 1. The van der Waals surface area contributed by atoms with Gasteiger partial charge in [0.05, 0.1) is 6.10 Å². The van der Waals surface area contributed by atoms with Crippen molar-refractivity contribution in [2.24, 2.45) is 34.5 Å². The molecular weight excluding hydrogens is 520 g/mol. The van der Waals surface area contributed by atoms with Crippen molar-refractivity contribution >= 4 is 29.7 Å².